The lowest BCUT2D eigenvalue weighted by Gasteiger charge is -2.28. The van der Waals surface area contributed by atoms with E-state index >= 15 is 0 Å². The van der Waals surface area contributed by atoms with E-state index in [9.17, 15) is 4.79 Å². The van der Waals surface area contributed by atoms with Gasteiger partial charge >= 0.3 is 0 Å². The highest BCUT2D eigenvalue weighted by atomic mass is 16.3. The molecule has 2 aromatic heterocycles. The predicted molar refractivity (Wildman–Crippen MR) is 79.0 cm³/mol. The zero-order valence-electron chi connectivity index (χ0n) is 12.3. The number of carbonyl (C=O) groups is 1. The molecular weight excluding hydrogens is 268 g/mol. The molecule has 2 unspecified atom stereocenters. The van der Waals surface area contributed by atoms with E-state index in [0.29, 0.717) is 23.2 Å². The molecule has 6 heteroatoms. The number of nitrogens with one attached hydrogen (secondary N) is 3. The van der Waals surface area contributed by atoms with Crippen LogP contribution in [0.15, 0.2) is 22.6 Å². The molecule has 21 heavy (non-hydrogen) atoms. The Morgan fingerprint density at radius 2 is 2.33 bits per heavy atom. The number of hydrogen-bond donors (Lipinski definition) is 3. The van der Waals surface area contributed by atoms with Gasteiger partial charge < -0.3 is 15.1 Å². The topological polar surface area (TPSA) is 83.0 Å². The summed E-state index contributed by atoms with van der Waals surface area (Å²) >= 11 is 0. The average Bonchev–Trinajstić information content (AvgIpc) is 3.07. The summed E-state index contributed by atoms with van der Waals surface area (Å²) in [7, 11) is 0. The molecule has 0 saturated carbocycles. The van der Waals surface area contributed by atoms with Crippen LogP contribution in [-0.2, 0) is 0 Å². The summed E-state index contributed by atoms with van der Waals surface area (Å²) in [6.07, 6.45) is 1.89. The van der Waals surface area contributed by atoms with Crippen LogP contribution in [0.2, 0.25) is 0 Å². The van der Waals surface area contributed by atoms with Gasteiger partial charge in [-0.25, -0.2) is 0 Å². The standard InChI is InChI=1S/C15H20N4O2/c1-9-7-11(5-6-16-9)17-15(20)13-8-12(18-19-13)14-4-3-10(2)21-14/h3-4,8-9,11,16H,5-7H2,1-2H3,(H,17,20)(H,18,19). The number of carbonyl (C=O) groups excluding carboxylic acids is 1. The molecule has 2 atom stereocenters. The molecule has 3 heterocycles. The number of piperidine rings is 1. The fourth-order valence-corrected chi connectivity index (χ4v) is 2.67. The van der Waals surface area contributed by atoms with Gasteiger partial charge in [0.05, 0.1) is 0 Å². The maximum absolute atomic E-state index is 12.2. The van der Waals surface area contributed by atoms with Gasteiger partial charge in [-0.1, -0.05) is 0 Å². The van der Waals surface area contributed by atoms with Gasteiger partial charge in [0.25, 0.3) is 5.91 Å². The number of aromatic amines is 1. The van der Waals surface area contributed by atoms with Crippen molar-refractivity contribution in [2.75, 3.05) is 6.54 Å². The van der Waals surface area contributed by atoms with Crippen LogP contribution in [-0.4, -0.2) is 34.7 Å². The number of rotatable bonds is 3. The lowest BCUT2D eigenvalue weighted by molar-refractivity contribution is 0.0920. The maximum atomic E-state index is 12.2. The van der Waals surface area contributed by atoms with Crippen molar-refractivity contribution in [1.82, 2.24) is 20.8 Å². The molecule has 6 nitrogen and oxygen atoms in total. The summed E-state index contributed by atoms with van der Waals surface area (Å²) in [4.78, 5) is 12.2. The second-order valence-electron chi connectivity index (χ2n) is 5.63. The van der Waals surface area contributed by atoms with E-state index in [-0.39, 0.29) is 11.9 Å². The molecule has 112 valence electrons. The van der Waals surface area contributed by atoms with Gasteiger partial charge in [-0.05, 0) is 45.4 Å². The van der Waals surface area contributed by atoms with Crippen molar-refractivity contribution in [2.45, 2.75) is 38.8 Å². The zero-order valence-corrected chi connectivity index (χ0v) is 12.3. The molecule has 1 saturated heterocycles. The highest BCUT2D eigenvalue weighted by Crippen LogP contribution is 2.20. The second kappa shape index (κ2) is 5.73. The van der Waals surface area contributed by atoms with Gasteiger partial charge in [-0.2, -0.15) is 5.10 Å². The van der Waals surface area contributed by atoms with Gasteiger partial charge in [0, 0.05) is 18.2 Å². The number of aromatic nitrogens is 2. The van der Waals surface area contributed by atoms with E-state index in [1.54, 1.807) is 6.07 Å². The summed E-state index contributed by atoms with van der Waals surface area (Å²) in [5.41, 5.74) is 1.11. The Bertz CT molecular complexity index is 631. The minimum atomic E-state index is -0.139. The summed E-state index contributed by atoms with van der Waals surface area (Å²) in [5.74, 6) is 1.38. The third-order valence-electron chi connectivity index (χ3n) is 3.78. The fraction of sp³-hybridized carbons (Fsp3) is 0.467. The van der Waals surface area contributed by atoms with Crippen LogP contribution in [0.25, 0.3) is 11.5 Å². The third-order valence-corrected chi connectivity index (χ3v) is 3.78. The number of furan rings is 1. The largest absolute Gasteiger partial charge is 0.460 e. The number of aryl methyl sites for hydroxylation is 1. The lowest BCUT2D eigenvalue weighted by Crippen LogP contribution is -2.46. The Balaban J connectivity index is 1.66. The molecular formula is C15H20N4O2. The van der Waals surface area contributed by atoms with E-state index in [2.05, 4.69) is 27.8 Å². The van der Waals surface area contributed by atoms with Crippen molar-refractivity contribution in [3.63, 3.8) is 0 Å². The van der Waals surface area contributed by atoms with Crippen LogP contribution in [0.4, 0.5) is 0 Å². The second-order valence-corrected chi connectivity index (χ2v) is 5.63. The number of hydrogen-bond acceptors (Lipinski definition) is 4. The molecule has 0 aliphatic carbocycles. The Labute approximate surface area is 123 Å². The fourth-order valence-electron chi connectivity index (χ4n) is 2.67. The van der Waals surface area contributed by atoms with E-state index < -0.39 is 0 Å². The smallest absolute Gasteiger partial charge is 0.272 e. The molecule has 1 amide bonds. The Hall–Kier alpha value is -2.08. The van der Waals surface area contributed by atoms with Crippen LogP contribution in [0, 0.1) is 6.92 Å². The van der Waals surface area contributed by atoms with Gasteiger partial charge in [-0.15, -0.1) is 0 Å². The summed E-state index contributed by atoms with van der Waals surface area (Å²) in [5, 5.41) is 13.3. The van der Waals surface area contributed by atoms with Gasteiger partial charge in [0.1, 0.15) is 11.5 Å². The Kier molecular flexibility index (Phi) is 3.79. The van der Waals surface area contributed by atoms with E-state index in [1.165, 1.54) is 0 Å². The summed E-state index contributed by atoms with van der Waals surface area (Å²) in [6.45, 7) is 4.94. The van der Waals surface area contributed by atoms with E-state index in [1.807, 2.05) is 19.1 Å². The Morgan fingerprint density at radius 3 is 3.05 bits per heavy atom. The van der Waals surface area contributed by atoms with Crippen LogP contribution < -0.4 is 10.6 Å². The number of H-pyrrole nitrogens is 1. The molecule has 1 aliphatic rings. The maximum Gasteiger partial charge on any atom is 0.272 e. The molecule has 1 fully saturated rings. The first-order valence-electron chi connectivity index (χ1n) is 7.28. The predicted octanol–water partition coefficient (Wildman–Crippen LogP) is 1.85. The van der Waals surface area contributed by atoms with Crippen molar-refractivity contribution in [3.05, 3.63) is 29.7 Å². The van der Waals surface area contributed by atoms with Gasteiger partial charge in [0.15, 0.2) is 11.5 Å². The number of amides is 1. The van der Waals surface area contributed by atoms with Gasteiger partial charge in [0.2, 0.25) is 0 Å². The van der Waals surface area contributed by atoms with Crippen molar-refractivity contribution in [1.29, 1.82) is 0 Å². The molecule has 0 aromatic carbocycles. The van der Waals surface area contributed by atoms with Crippen LogP contribution in [0.3, 0.4) is 0 Å². The number of nitrogens with zero attached hydrogens (tertiary/aromatic N) is 1. The molecule has 3 N–H and O–H groups in total. The van der Waals surface area contributed by atoms with Crippen LogP contribution in [0.5, 0.6) is 0 Å². The minimum Gasteiger partial charge on any atom is -0.460 e. The molecule has 0 bridgehead atoms. The quantitative estimate of drug-likeness (QED) is 0.805. The third kappa shape index (κ3) is 3.16. The van der Waals surface area contributed by atoms with Crippen LogP contribution >= 0.6 is 0 Å². The zero-order chi connectivity index (χ0) is 14.8. The Morgan fingerprint density at radius 1 is 1.48 bits per heavy atom. The molecule has 2 aromatic rings. The van der Waals surface area contributed by atoms with E-state index in [4.69, 9.17) is 4.42 Å². The first-order valence-corrected chi connectivity index (χ1v) is 7.28. The van der Waals surface area contributed by atoms with Gasteiger partial charge in [-0.3, -0.25) is 9.89 Å². The summed E-state index contributed by atoms with van der Waals surface area (Å²) < 4.78 is 5.52. The SMILES string of the molecule is Cc1ccc(-c2cc(C(=O)NC3CCNC(C)C3)n[nH]2)o1. The molecule has 3 rings (SSSR count). The monoisotopic (exact) mass is 288 g/mol. The lowest BCUT2D eigenvalue weighted by atomic mass is 10.0. The first kappa shape index (κ1) is 13.9. The highest BCUT2D eigenvalue weighted by molar-refractivity contribution is 5.93. The molecule has 1 aliphatic heterocycles. The normalized spacial score (nSPS) is 22.2. The van der Waals surface area contributed by atoms with Crippen molar-refractivity contribution >= 4 is 5.91 Å². The molecule has 0 radical (unpaired) electrons. The summed E-state index contributed by atoms with van der Waals surface area (Å²) in [6, 6.07) is 6.10. The van der Waals surface area contributed by atoms with Crippen LogP contribution in [0.1, 0.15) is 36.0 Å². The molecule has 0 spiro atoms. The van der Waals surface area contributed by atoms with Crippen molar-refractivity contribution < 1.29 is 9.21 Å². The minimum absolute atomic E-state index is 0.139. The first-order chi connectivity index (χ1) is 10.1. The van der Waals surface area contributed by atoms with Crippen molar-refractivity contribution in [2.24, 2.45) is 0 Å². The van der Waals surface area contributed by atoms with E-state index in [0.717, 1.165) is 25.1 Å². The van der Waals surface area contributed by atoms with Crippen molar-refractivity contribution in [3.8, 4) is 11.5 Å². The average molecular weight is 288 g/mol. The highest BCUT2D eigenvalue weighted by Gasteiger charge is 2.21.